The van der Waals surface area contributed by atoms with E-state index in [4.69, 9.17) is 9.47 Å². The number of rotatable bonds is 8. The third kappa shape index (κ3) is 6.93. The van der Waals surface area contributed by atoms with Gasteiger partial charge in [0.05, 0.1) is 0 Å². The second-order valence-corrected chi connectivity index (χ2v) is 10.4. The van der Waals surface area contributed by atoms with E-state index in [1.165, 1.54) is 0 Å². The summed E-state index contributed by atoms with van der Waals surface area (Å²) in [6, 6.07) is 6.80. The maximum atomic E-state index is 12.8. The average molecular weight is 499 g/mol. The van der Waals surface area contributed by atoms with Crippen LogP contribution in [0.25, 0.3) is 0 Å². The van der Waals surface area contributed by atoms with Crippen LogP contribution in [0, 0.1) is 17.8 Å². The molecule has 0 amide bonds. The van der Waals surface area contributed by atoms with Crippen molar-refractivity contribution in [3.63, 3.8) is 0 Å². The Labute approximate surface area is 213 Å². The molecule has 0 heterocycles. The quantitative estimate of drug-likeness (QED) is 0.171. The molecule has 1 aliphatic rings. The van der Waals surface area contributed by atoms with Crippen LogP contribution in [0.5, 0.6) is 28.7 Å². The first-order valence-electron chi connectivity index (χ1n) is 12.9. The summed E-state index contributed by atoms with van der Waals surface area (Å²) in [5, 5.41) is 30.4. The molecule has 0 radical (unpaired) electrons. The van der Waals surface area contributed by atoms with Gasteiger partial charge in [0.25, 0.3) is 0 Å². The first kappa shape index (κ1) is 27.4. The monoisotopic (exact) mass is 498 g/mol. The van der Waals surface area contributed by atoms with Crippen LogP contribution in [-0.2, 0) is 16.0 Å². The van der Waals surface area contributed by atoms with Crippen LogP contribution < -0.4 is 9.47 Å². The lowest BCUT2D eigenvalue weighted by atomic mass is 9.67. The standard InChI is InChI=1S/C29H38O7/c1-5-6-7-8-19-12-25(32)27(24-11-18(4)9-10-23(24)17(2)3)26(13-19)36-29(34)28(33)35-22-15-20(30)14-21(31)16-22/h12-18,23-24,30-32H,5-11H2,1-4H3/t18-,23-,24+/m0/s1. The van der Waals surface area contributed by atoms with Crippen molar-refractivity contribution in [2.45, 2.75) is 78.6 Å². The molecule has 0 unspecified atom stereocenters. The molecule has 3 rings (SSSR count). The van der Waals surface area contributed by atoms with Gasteiger partial charge in [-0.2, -0.15) is 0 Å². The lowest BCUT2D eigenvalue weighted by Crippen LogP contribution is -2.29. The molecule has 2 aromatic carbocycles. The fourth-order valence-corrected chi connectivity index (χ4v) is 5.30. The van der Waals surface area contributed by atoms with E-state index in [0.717, 1.165) is 62.3 Å². The largest absolute Gasteiger partial charge is 0.508 e. The second kappa shape index (κ2) is 12.2. The molecule has 0 aromatic heterocycles. The topological polar surface area (TPSA) is 113 Å². The summed E-state index contributed by atoms with van der Waals surface area (Å²) in [6.45, 7) is 8.63. The van der Waals surface area contributed by atoms with E-state index in [1.807, 2.05) is 0 Å². The Hall–Kier alpha value is -3.22. The molecule has 0 bridgehead atoms. The van der Waals surface area contributed by atoms with Crippen molar-refractivity contribution < 1.29 is 34.4 Å². The molecule has 1 saturated carbocycles. The molecule has 36 heavy (non-hydrogen) atoms. The fraction of sp³-hybridized carbons (Fsp3) is 0.517. The van der Waals surface area contributed by atoms with Crippen LogP contribution in [0.2, 0.25) is 0 Å². The zero-order chi connectivity index (χ0) is 26.4. The van der Waals surface area contributed by atoms with E-state index in [-0.39, 0.29) is 34.7 Å². The molecule has 3 atom stereocenters. The smallest absolute Gasteiger partial charge is 0.423 e. The number of aromatic hydroxyl groups is 3. The normalized spacial score (nSPS) is 19.8. The van der Waals surface area contributed by atoms with Crippen molar-refractivity contribution in [1.82, 2.24) is 0 Å². The zero-order valence-corrected chi connectivity index (χ0v) is 21.6. The summed E-state index contributed by atoms with van der Waals surface area (Å²) in [4.78, 5) is 25.3. The number of carbonyl (C=O) groups is 2. The zero-order valence-electron chi connectivity index (χ0n) is 21.6. The Morgan fingerprint density at radius 2 is 1.61 bits per heavy atom. The van der Waals surface area contributed by atoms with E-state index in [0.29, 0.717) is 29.7 Å². The molecule has 0 aliphatic heterocycles. The molecule has 1 aliphatic carbocycles. The molecule has 1 fully saturated rings. The number of hydrogen-bond donors (Lipinski definition) is 3. The van der Waals surface area contributed by atoms with Gasteiger partial charge in [0.15, 0.2) is 0 Å². The highest BCUT2D eigenvalue weighted by Crippen LogP contribution is 2.50. The molecule has 196 valence electrons. The van der Waals surface area contributed by atoms with E-state index in [9.17, 15) is 24.9 Å². The predicted molar refractivity (Wildman–Crippen MR) is 136 cm³/mol. The highest BCUT2D eigenvalue weighted by Gasteiger charge is 2.36. The fourth-order valence-electron chi connectivity index (χ4n) is 5.30. The number of phenolic OH excluding ortho intramolecular Hbond substituents is 3. The molecular formula is C29H38O7. The van der Waals surface area contributed by atoms with Crippen molar-refractivity contribution in [3.8, 4) is 28.7 Å². The van der Waals surface area contributed by atoms with Gasteiger partial charge in [-0.3, -0.25) is 0 Å². The number of aryl methyl sites for hydroxylation is 1. The maximum absolute atomic E-state index is 12.8. The maximum Gasteiger partial charge on any atom is 0.423 e. The SMILES string of the molecule is CCCCCc1cc(O)c([C@@H]2C[C@@H](C)CC[C@H]2C(C)C)c(OC(=O)C(=O)Oc2cc(O)cc(O)c2)c1. The molecular weight excluding hydrogens is 460 g/mol. The van der Waals surface area contributed by atoms with Crippen LogP contribution in [-0.4, -0.2) is 27.3 Å². The van der Waals surface area contributed by atoms with Gasteiger partial charge in [0.2, 0.25) is 0 Å². The number of carbonyl (C=O) groups excluding carboxylic acids is 2. The minimum atomic E-state index is -1.29. The minimum Gasteiger partial charge on any atom is -0.508 e. The van der Waals surface area contributed by atoms with Crippen molar-refractivity contribution in [1.29, 1.82) is 0 Å². The van der Waals surface area contributed by atoms with Gasteiger partial charge >= 0.3 is 11.9 Å². The summed E-state index contributed by atoms with van der Waals surface area (Å²) in [6.07, 6.45) is 6.71. The summed E-state index contributed by atoms with van der Waals surface area (Å²) < 4.78 is 10.6. The van der Waals surface area contributed by atoms with Crippen LogP contribution in [0.1, 0.15) is 83.3 Å². The van der Waals surface area contributed by atoms with Gasteiger partial charge in [-0.25, -0.2) is 9.59 Å². The summed E-state index contributed by atoms with van der Waals surface area (Å²) in [7, 11) is 0. The molecule has 3 N–H and O–H groups in total. The number of benzene rings is 2. The van der Waals surface area contributed by atoms with Crippen molar-refractivity contribution in [2.75, 3.05) is 0 Å². The van der Waals surface area contributed by atoms with E-state index in [1.54, 1.807) is 12.1 Å². The summed E-state index contributed by atoms with van der Waals surface area (Å²) in [5.41, 5.74) is 1.40. The Kier molecular flexibility index (Phi) is 9.24. The van der Waals surface area contributed by atoms with E-state index < -0.39 is 11.9 Å². The Morgan fingerprint density at radius 1 is 0.944 bits per heavy atom. The van der Waals surface area contributed by atoms with Crippen LogP contribution in [0.4, 0.5) is 0 Å². The Balaban J connectivity index is 1.93. The van der Waals surface area contributed by atoms with Gasteiger partial charge in [0.1, 0.15) is 28.7 Å². The minimum absolute atomic E-state index is 0.0136. The van der Waals surface area contributed by atoms with Crippen LogP contribution in [0.3, 0.4) is 0 Å². The summed E-state index contributed by atoms with van der Waals surface area (Å²) in [5.74, 6) is -1.96. The summed E-state index contributed by atoms with van der Waals surface area (Å²) >= 11 is 0. The molecule has 0 spiro atoms. The number of unbranched alkanes of at least 4 members (excludes halogenated alkanes) is 2. The van der Waals surface area contributed by atoms with Gasteiger partial charge in [-0.1, -0.05) is 47.0 Å². The van der Waals surface area contributed by atoms with Crippen LogP contribution in [0.15, 0.2) is 30.3 Å². The van der Waals surface area contributed by atoms with Crippen molar-refractivity contribution >= 4 is 11.9 Å². The number of ether oxygens (including phenoxy) is 2. The van der Waals surface area contributed by atoms with Crippen molar-refractivity contribution in [3.05, 3.63) is 41.5 Å². The number of esters is 2. The van der Waals surface area contributed by atoms with Crippen molar-refractivity contribution in [2.24, 2.45) is 17.8 Å². The Morgan fingerprint density at radius 3 is 2.25 bits per heavy atom. The predicted octanol–water partition coefficient (Wildman–Crippen LogP) is 6.22. The van der Waals surface area contributed by atoms with Crippen LogP contribution >= 0.6 is 0 Å². The van der Waals surface area contributed by atoms with Gasteiger partial charge in [-0.15, -0.1) is 0 Å². The molecule has 7 heteroatoms. The average Bonchev–Trinajstić information content (AvgIpc) is 2.78. The highest BCUT2D eigenvalue weighted by molar-refractivity contribution is 6.31. The number of hydrogen-bond acceptors (Lipinski definition) is 7. The highest BCUT2D eigenvalue weighted by atomic mass is 16.6. The Bertz CT molecular complexity index is 1060. The lowest BCUT2D eigenvalue weighted by Gasteiger charge is -2.38. The van der Waals surface area contributed by atoms with Gasteiger partial charge in [-0.05, 0) is 67.1 Å². The second-order valence-electron chi connectivity index (χ2n) is 10.4. The van der Waals surface area contributed by atoms with E-state index in [2.05, 4.69) is 27.7 Å². The number of phenols is 3. The third-order valence-electron chi connectivity index (χ3n) is 7.10. The third-order valence-corrected chi connectivity index (χ3v) is 7.10. The van der Waals surface area contributed by atoms with Gasteiger partial charge < -0.3 is 24.8 Å². The molecule has 0 saturated heterocycles. The van der Waals surface area contributed by atoms with Gasteiger partial charge in [0, 0.05) is 23.8 Å². The molecule has 2 aromatic rings. The first-order chi connectivity index (χ1) is 17.1. The molecule has 7 nitrogen and oxygen atoms in total. The van der Waals surface area contributed by atoms with E-state index >= 15 is 0 Å². The lowest BCUT2D eigenvalue weighted by molar-refractivity contribution is -0.156. The first-order valence-corrected chi connectivity index (χ1v) is 12.9.